The van der Waals surface area contributed by atoms with Gasteiger partial charge in [-0.3, -0.25) is 4.84 Å². The fourth-order valence-electron chi connectivity index (χ4n) is 1.93. The standard InChI is InChI=1S/C19H35NO6/c1-17(2,3)24-15(22)14(12-10-11-13-21)20(26-19(7,8)9)16(23)25-18(4,5)6/h13-14H,10-12H2,1-9H3/t14-/m0/s1. The van der Waals surface area contributed by atoms with E-state index in [-0.39, 0.29) is 12.8 Å². The molecule has 1 amide bonds. The summed E-state index contributed by atoms with van der Waals surface area (Å²) in [4.78, 5) is 41.8. The minimum Gasteiger partial charge on any atom is -0.458 e. The van der Waals surface area contributed by atoms with Crippen molar-refractivity contribution >= 4 is 18.3 Å². The van der Waals surface area contributed by atoms with Crippen LogP contribution in [-0.2, 0) is 23.9 Å². The lowest BCUT2D eigenvalue weighted by atomic mass is 10.1. The number of hydrogen-bond donors (Lipinski definition) is 0. The summed E-state index contributed by atoms with van der Waals surface area (Å²) in [6, 6.07) is -1.01. The number of carbonyl (C=O) groups excluding carboxylic acids is 3. The quantitative estimate of drug-likeness (QED) is 0.290. The first-order valence-electron chi connectivity index (χ1n) is 8.93. The van der Waals surface area contributed by atoms with Crippen molar-refractivity contribution in [3.63, 3.8) is 0 Å². The molecule has 152 valence electrons. The summed E-state index contributed by atoms with van der Waals surface area (Å²) in [6.45, 7) is 15.7. The number of ether oxygens (including phenoxy) is 2. The Morgan fingerprint density at radius 1 is 0.885 bits per heavy atom. The first kappa shape index (κ1) is 24.4. The van der Waals surface area contributed by atoms with E-state index >= 15 is 0 Å². The number of nitrogens with zero attached hydrogens (tertiary/aromatic N) is 1. The topological polar surface area (TPSA) is 82.1 Å². The van der Waals surface area contributed by atoms with Crippen molar-refractivity contribution in [1.29, 1.82) is 0 Å². The maximum atomic E-state index is 12.7. The van der Waals surface area contributed by atoms with Crippen molar-refractivity contribution in [2.24, 2.45) is 0 Å². The summed E-state index contributed by atoms with van der Waals surface area (Å²) in [6.07, 6.45) is 0.920. The average Bonchev–Trinajstić information content (AvgIpc) is 2.36. The van der Waals surface area contributed by atoms with Crippen LogP contribution in [0.4, 0.5) is 4.79 Å². The van der Waals surface area contributed by atoms with Crippen molar-refractivity contribution in [1.82, 2.24) is 5.06 Å². The van der Waals surface area contributed by atoms with Crippen molar-refractivity contribution in [2.75, 3.05) is 0 Å². The van der Waals surface area contributed by atoms with Crippen molar-refractivity contribution in [3.8, 4) is 0 Å². The molecule has 0 aromatic carbocycles. The maximum absolute atomic E-state index is 12.7. The van der Waals surface area contributed by atoms with Crippen LogP contribution in [0.3, 0.4) is 0 Å². The Hall–Kier alpha value is -1.63. The molecule has 7 nitrogen and oxygen atoms in total. The molecule has 0 aliphatic carbocycles. The molecule has 0 spiro atoms. The van der Waals surface area contributed by atoms with Crippen LogP contribution in [0.25, 0.3) is 0 Å². The summed E-state index contributed by atoms with van der Waals surface area (Å²) in [5, 5.41) is 0.949. The summed E-state index contributed by atoms with van der Waals surface area (Å²) < 4.78 is 10.8. The molecule has 7 heteroatoms. The number of esters is 1. The summed E-state index contributed by atoms with van der Waals surface area (Å²) in [5.74, 6) is -0.599. The SMILES string of the molecule is CC(C)(C)OC(=O)[C@H](CCCC=O)N(OC(C)(C)C)C(=O)OC(C)(C)C. The minimum absolute atomic E-state index is 0.225. The molecule has 0 aliphatic heterocycles. The van der Waals surface area contributed by atoms with Gasteiger partial charge in [0.2, 0.25) is 0 Å². The number of rotatable bonds is 7. The van der Waals surface area contributed by atoms with E-state index in [9.17, 15) is 14.4 Å². The molecule has 0 N–H and O–H groups in total. The molecule has 0 saturated carbocycles. The van der Waals surface area contributed by atoms with E-state index in [0.29, 0.717) is 6.42 Å². The molecule has 0 radical (unpaired) electrons. The van der Waals surface area contributed by atoms with E-state index in [1.54, 1.807) is 62.3 Å². The highest BCUT2D eigenvalue weighted by molar-refractivity contribution is 5.81. The van der Waals surface area contributed by atoms with Crippen LogP contribution < -0.4 is 0 Å². The summed E-state index contributed by atoms with van der Waals surface area (Å²) in [7, 11) is 0. The maximum Gasteiger partial charge on any atom is 0.435 e. The molecule has 26 heavy (non-hydrogen) atoms. The Balaban J connectivity index is 5.68. The number of unbranched alkanes of at least 4 members (excludes halogenated alkanes) is 1. The smallest absolute Gasteiger partial charge is 0.435 e. The van der Waals surface area contributed by atoms with Gasteiger partial charge in [-0.1, -0.05) is 0 Å². The predicted octanol–water partition coefficient (Wildman–Crippen LogP) is 4.03. The molecule has 0 unspecified atom stereocenters. The van der Waals surface area contributed by atoms with Gasteiger partial charge in [0.05, 0.1) is 5.60 Å². The molecule has 1 atom stereocenters. The molecule has 0 bridgehead atoms. The highest BCUT2D eigenvalue weighted by Crippen LogP contribution is 2.23. The van der Waals surface area contributed by atoms with Gasteiger partial charge < -0.3 is 14.3 Å². The number of hydroxylamine groups is 2. The van der Waals surface area contributed by atoms with Gasteiger partial charge in [-0.25, -0.2) is 9.59 Å². The zero-order chi connectivity index (χ0) is 20.8. The number of aldehydes is 1. The van der Waals surface area contributed by atoms with Gasteiger partial charge in [0.25, 0.3) is 0 Å². The highest BCUT2D eigenvalue weighted by atomic mass is 16.7. The van der Waals surface area contributed by atoms with Crippen LogP contribution in [-0.4, -0.2) is 46.3 Å². The zero-order valence-corrected chi connectivity index (χ0v) is 17.7. The van der Waals surface area contributed by atoms with Crippen LogP contribution in [0.5, 0.6) is 0 Å². The van der Waals surface area contributed by atoms with Crippen molar-refractivity contribution in [2.45, 2.75) is 104 Å². The van der Waals surface area contributed by atoms with Gasteiger partial charge in [-0.2, -0.15) is 5.06 Å². The Morgan fingerprint density at radius 2 is 1.38 bits per heavy atom. The Morgan fingerprint density at radius 3 is 1.77 bits per heavy atom. The van der Waals surface area contributed by atoms with Crippen LogP contribution >= 0.6 is 0 Å². The minimum atomic E-state index is -1.01. The molecule has 0 heterocycles. The second kappa shape index (κ2) is 9.35. The van der Waals surface area contributed by atoms with Crippen LogP contribution in [0.2, 0.25) is 0 Å². The third kappa shape index (κ3) is 11.1. The fraction of sp³-hybridized carbons (Fsp3) is 0.842. The van der Waals surface area contributed by atoms with E-state index in [1.165, 1.54) is 0 Å². The number of amides is 1. The van der Waals surface area contributed by atoms with E-state index in [0.717, 1.165) is 11.3 Å². The predicted molar refractivity (Wildman–Crippen MR) is 98.5 cm³/mol. The van der Waals surface area contributed by atoms with Crippen LogP contribution in [0, 0.1) is 0 Å². The molecule has 0 aromatic heterocycles. The first-order valence-corrected chi connectivity index (χ1v) is 8.93. The Labute approximate surface area is 157 Å². The molecular formula is C19H35NO6. The third-order valence-corrected chi connectivity index (χ3v) is 2.71. The summed E-state index contributed by atoms with van der Waals surface area (Å²) in [5.41, 5.74) is -2.21. The molecule has 0 saturated heterocycles. The zero-order valence-electron chi connectivity index (χ0n) is 17.7. The van der Waals surface area contributed by atoms with Gasteiger partial charge in [-0.05, 0) is 75.2 Å². The Bertz CT molecular complexity index is 482. The van der Waals surface area contributed by atoms with E-state index < -0.39 is 34.9 Å². The molecule has 0 rings (SSSR count). The van der Waals surface area contributed by atoms with E-state index in [2.05, 4.69) is 0 Å². The van der Waals surface area contributed by atoms with Crippen LogP contribution in [0.1, 0.15) is 81.6 Å². The number of hydrogen-bond acceptors (Lipinski definition) is 6. The lowest BCUT2D eigenvalue weighted by molar-refractivity contribution is -0.238. The van der Waals surface area contributed by atoms with Gasteiger partial charge in [0, 0.05) is 6.42 Å². The second-order valence-electron chi connectivity index (χ2n) is 9.16. The lowest BCUT2D eigenvalue weighted by Gasteiger charge is -2.36. The molecule has 0 aromatic rings. The van der Waals surface area contributed by atoms with Crippen molar-refractivity contribution < 1.29 is 28.7 Å². The van der Waals surface area contributed by atoms with Gasteiger partial charge in [0.15, 0.2) is 6.04 Å². The second-order valence-corrected chi connectivity index (χ2v) is 9.16. The fourth-order valence-corrected chi connectivity index (χ4v) is 1.93. The first-order chi connectivity index (χ1) is 11.6. The summed E-state index contributed by atoms with van der Waals surface area (Å²) >= 11 is 0. The van der Waals surface area contributed by atoms with E-state index in [4.69, 9.17) is 14.3 Å². The van der Waals surface area contributed by atoms with Crippen molar-refractivity contribution in [3.05, 3.63) is 0 Å². The van der Waals surface area contributed by atoms with Gasteiger partial charge in [0.1, 0.15) is 17.5 Å². The molecule has 0 fully saturated rings. The molecular weight excluding hydrogens is 338 g/mol. The third-order valence-electron chi connectivity index (χ3n) is 2.71. The highest BCUT2D eigenvalue weighted by Gasteiger charge is 2.38. The lowest BCUT2D eigenvalue weighted by Crippen LogP contribution is -2.51. The normalized spacial score (nSPS) is 13.7. The van der Waals surface area contributed by atoms with E-state index in [1.807, 2.05) is 0 Å². The number of carbonyl (C=O) groups is 3. The largest absolute Gasteiger partial charge is 0.458 e. The Kier molecular flexibility index (Phi) is 8.76. The monoisotopic (exact) mass is 373 g/mol. The van der Waals surface area contributed by atoms with Crippen LogP contribution in [0.15, 0.2) is 0 Å². The van der Waals surface area contributed by atoms with Gasteiger partial charge >= 0.3 is 12.1 Å². The van der Waals surface area contributed by atoms with Gasteiger partial charge in [-0.15, -0.1) is 0 Å². The average molecular weight is 373 g/mol. The molecule has 0 aliphatic rings.